The zero-order valence-corrected chi connectivity index (χ0v) is 11.3. The lowest BCUT2D eigenvalue weighted by atomic mass is 9.65. The molecule has 1 fully saturated rings. The first kappa shape index (κ1) is 14.4. The molecule has 1 aliphatic rings. The Kier molecular flexibility index (Phi) is 3.40. The van der Waals surface area contributed by atoms with E-state index >= 15 is 0 Å². The van der Waals surface area contributed by atoms with Crippen molar-refractivity contribution in [1.82, 2.24) is 4.72 Å². The fourth-order valence-electron chi connectivity index (χ4n) is 2.09. The van der Waals surface area contributed by atoms with E-state index in [1.165, 1.54) is 0 Å². The molecule has 106 valence electrons. The average Bonchev–Trinajstić information content (AvgIpc) is 2.27. The van der Waals surface area contributed by atoms with E-state index in [2.05, 4.69) is 4.72 Å². The van der Waals surface area contributed by atoms with Gasteiger partial charge in [0.1, 0.15) is 11.6 Å². The Morgan fingerprint density at radius 2 is 1.84 bits per heavy atom. The van der Waals surface area contributed by atoms with E-state index in [4.69, 9.17) is 0 Å². The number of aliphatic hydroxyl groups excluding tert-OH is 1. The van der Waals surface area contributed by atoms with Crippen molar-refractivity contribution in [3.05, 3.63) is 29.8 Å². The predicted molar refractivity (Wildman–Crippen MR) is 64.9 cm³/mol. The monoisotopic (exact) mass is 291 g/mol. The van der Waals surface area contributed by atoms with E-state index in [0.29, 0.717) is 0 Å². The molecule has 0 aliphatic heterocycles. The van der Waals surface area contributed by atoms with Crippen LogP contribution in [0.15, 0.2) is 23.1 Å². The van der Waals surface area contributed by atoms with Gasteiger partial charge in [-0.2, -0.15) is 0 Å². The fourth-order valence-corrected chi connectivity index (χ4v) is 3.63. The first-order valence-corrected chi connectivity index (χ1v) is 7.29. The second kappa shape index (κ2) is 4.50. The lowest BCUT2D eigenvalue weighted by molar-refractivity contribution is -0.0645. The molecule has 0 amide bonds. The summed E-state index contributed by atoms with van der Waals surface area (Å²) in [6.07, 6.45) is -0.409. The van der Waals surface area contributed by atoms with Gasteiger partial charge < -0.3 is 5.11 Å². The molecule has 2 atom stereocenters. The minimum atomic E-state index is -4.29. The highest BCUT2D eigenvalue weighted by Crippen LogP contribution is 2.41. The molecule has 7 heteroatoms. The Hall–Kier alpha value is -1.05. The third-order valence-corrected chi connectivity index (χ3v) is 5.22. The first-order valence-electron chi connectivity index (χ1n) is 5.80. The van der Waals surface area contributed by atoms with E-state index in [1.807, 2.05) is 0 Å². The molecule has 2 rings (SSSR count). The molecule has 4 nitrogen and oxygen atoms in total. The van der Waals surface area contributed by atoms with Crippen LogP contribution >= 0.6 is 0 Å². The van der Waals surface area contributed by atoms with Crippen LogP contribution in [0.25, 0.3) is 0 Å². The molecule has 2 unspecified atom stereocenters. The van der Waals surface area contributed by atoms with Gasteiger partial charge in [-0.05, 0) is 18.6 Å². The molecule has 0 heterocycles. The Labute approximate surface area is 110 Å². The Balaban J connectivity index is 2.30. The Morgan fingerprint density at radius 3 is 2.26 bits per heavy atom. The summed E-state index contributed by atoms with van der Waals surface area (Å²) in [5.41, 5.74) is -0.658. The van der Waals surface area contributed by atoms with Crippen molar-refractivity contribution in [2.24, 2.45) is 5.41 Å². The number of rotatable bonds is 3. The van der Waals surface area contributed by atoms with Crippen molar-refractivity contribution in [2.45, 2.75) is 37.3 Å². The van der Waals surface area contributed by atoms with Crippen molar-refractivity contribution in [2.75, 3.05) is 0 Å². The van der Waals surface area contributed by atoms with E-state index in [1.54, 1.807) is 13.8 Å². The fraction of sp³-hybridized carbons (Fsp3) is 0.500. The minimum Gasteiger partial charge on any atom is -0.392 e. The number of benzene rings is 1. The molecular weight excluding hydrogens is 276 g/mol. The maximum absolute atomic E-state index is 13.5. The maximum atomic E-state index is 13.5. The zero-order chi connectivity index (χ0) is 14.4. The van der Waals surface area contributed by atoms with Crippen LogP contribution in [0, 0.1) is 17.0 Å². The van der Waals surface area contributed by atoms with Crippen LogP contribution in [0.3, 0.4) is 0 Å². The smallest absolute Gasteiger partial charge is 0.246 e. The molecule has 1 aromatic carbocycles. The molecule has 0 saturated heterocycles. The summed E-state index contributed by atoms with van der Waals surface area (Å²) in [5, 5.41) is 9.54. The summed E-state index contributed by atoms with van der Waals surface area (Å²) >= 11 is 0. The average molecular weight is 291 g/mol. The first-order chi connectivity index (χ1) is 8.66. The van der Waals surface area contributed by atoms with Crippen molar-refractivity contribution < 1.29 is 22.3 Å². The van der Waals surface area contributed by atoms with Gasteiger partial charge >= 0.3 is 0 Å². The van der Waals surface area contributed by atoms with Gasteiger partial charge in [-0.25, -0.2) is 21.9 Å². The summed E-state index contributed by atoms with van der Waals surface area (Å²) in [7, 11) is -4.29. The van der Waals surface area contributed by atoms with Crippen molar-refractivity contribution >= 4 is 10.0 Å². The largest absolute Gasteiger partial charge is 0.392 e. The van der Waals surface area contributed by atoms with Crippen LogP contribution in [0.4, 0.5) is 8.78 Å². The van der Waals surface area contributed by atoms with Crippen LogP contribution in [0.1, 0.15) is 20.3 Å². The second-order valence-corrected chi connectivity index (χ2v) is 6.95. The van der Waals surface area contributed by atoms with Gasteiger partial charge in [-0.1, -0.05) is 19.9 Å². The SMILES string of the molecule is CC1(C)C(O)CC1NS(=O)(=O)c1c(F)cccc1F. The topological polar surface area (TPSA) is 66.4 Å². The molecule has 0 radical (unpaired) electrons. The zero-order valence-electron chi connectivity index (χ0n) is 10.5. The second-order valence-electron chi connectivity index (χ2n) is 5.30. The predicted octanol–water partition coefficient (Wildman–Crippen LogP) is 1.40. The molecule has 2 N–H and O–H groups in total. The molecule has 0 spiro atoms. The molecular formula is C12H15F2NO3S. The van der Waals surface area contributed by atoms with Gasteiger partial charge in [0.05, 0.1) is 6.10 Å². The number of nitrogens with one attached hydrogen (secondary N) is 1. The van der Waals surface area contributed by atoms with Gasteiger partial charge in [0, 0.05) is 11.5 Å². The van der Waals surface area contributed by atoms with Crippen LogP contribution in [-0.2, 0) is 10.0 Å². The highest BCUT2D eigenvalue weighted by atomic mass is 32.2. The molecule has 1 aromatic rings. The summed E-state index contributed by atoms with van der Waals surface area (Å²) in [6.45, 7) is 3.37. The summed E-state index contributed by atoms with van der Waals surface area (Å²) in [6, 6.07) is 2.32. The third-order valence-electron chi connectivity index (χ3n) is 3.70. The number of hydrogen-bond acceptors (Lipinski definition) is 3. The summed E-state index contributed by atoms with van der Waals surface area (Å²) in [5.74, 6) is -2.27. The molecule has 1 aliphatic carbocycles. The van der Waals surface area contributed by atoms with Crippen molar-refractivity contribution in [1.29, 1.82) is 0 Å². The van der Waals surface area contributed by atoms with Crippen molar-refractivity contribution in [3.63, 3.8) is 0 Å². The van der Waals surface area contributed by atoms with E-state index in [9.17, 15) is 22.3 Å². The summed E-state index contributed by atoms with van der Waals surface area (Å²) < 4.78 is 53.2. The molecule has 0 aromatic heterocycles. The van der Waals surface area contributed by atoms with Gasteiger partial charge in [0.15, 0.2) is 4.90 Å². The molecule has 1 saturated carbocycles. The third kappa shape index (κ3) is 2.37. The highest BCUT2D eigenvalue weighted by Gasteiger charge is 2.49. The maximum Gasteiger partial charge on any atom is 0.246 e. The van der Waals surface area contributed by atoms with Crippen LogP contribution in [0.5, 0.6) is 0 Å². The van der Waals surface area contributed by atoms with Gasteiger partial charge in [-0.15, -0.1) is 0 Å². The summed E-state index contributed by atoms with van der Waals surface area (Å²) in [4.78, 5) is -0.979. The van der Waals surface area contributed by atoms with E-state index in [-0.39, 0.29) is 6.42 Å². The number of halogens is 2. The highest BCUT2D eigenvalue weighted by molar-refractivity contribution is 7.89. The Bertz CT molecular complexity index is 581. The number of aliphatic hydroxyl groups is 1. The number of sulfonamides is 1. The number of hydrogen-bond donors (Lipinski definition) is 2. The minimum absolute atomic E-state index is 0.225. The van der Waals surface area contributed by atoms with Crippen LogP contribution in [0.2, 0.25) is 0 Å². The van der Waals surface area contributed by atoms with Crippen molar-refractivity contribution in [3.8, 4) is 0 Å². The van der Waals surface area contributed by atoms with Gasteiger partial charge in [0.2, 0.25) is 10.0 Å². The molecule has 19 heavy (non-hydrogen) atoms. The van der Waals surface area contributed by atoms with E-state index < -0.39 is 44.1 Å². The van der Waals surface area contributed by atoms with Crippen LogP contribution in [-0.4, -0.2) is 25.7 Å². The van der Waals surface area contributed by atoms with E-state index in [0.717, 1.165) is 18.2 Å². The lowest BCUT2D eigenvalue weighted by Crippen LogP contribution is -2.61. The quantitative estimate of drug-likeness (QED) is 0.884. The molecule has 0 bridgehead atoms. The lowest BCUT2D eigenvalue weighted by Gasteiger charge is -2.49. The van der Waals surface area contributed by atoms with Crippen LogP contribution < -0.4 is 4.72 Å². The Morgan fingerprint density at radius 1 is 1.32 bits per heavy atom. The van der Waals surface area contributed by atoms with Gasteiger partial charge in [0.25, 0.3) is 0 Å². The standard InChI is InChI=1S/C12H15F2NO3S/c1-12(2)9(6-10(12)16)15-19(17,18)11-7(13)4-3-5-8(11)14/h3-5,9-10,15-16H,6H2,1-2H3. The normalized spacial score (nSPS) is 25.9. The van der Waals surface area contributed by atoms with Gasteiger partial charge in [-0.3, -0.25) is 0 Å².